The van der Waals surface area contributed by atoms with Gasteiger partial charge in [0.2, 0.25) is 0 Å². The molecule has 0 aliphatic carbocycles. The summed E-state index contributed by atoms with van der Waals surface area (Å²) in [5, 5.41) is 3.19. The maximum Gasteiger partial charge on any atom is 0.282 e. The second-order valence-corrected chi connectivity index (χ2v) is 8.36. The molecule has 0 bridgehead atoms. The summed E-state index contributed by atoms with van der Waals surface area (Å²) in [6, 6.07) is 0.0533. The van der Waals surface area contributed by atoms with Crippen LogP contribution in [0.2, 0.25) is 0 Å². The molecule has 6 nitrogen and oxygen atoms in total. The minimum atomic E-state index is -3.30. The Bertz CT molecular complexity index is 421. The summed E-state index contributed by atoms with van der Waals surface area (Å²) in [4.78, 5) is 2.22. The first-order chi connectivity index (χ1) is 9.95. The molecule has 2 heterocycles. The molecular weight excluding hydrogens is 288 g/mol. The van der Waals surface area contributed by atoms with Crippen molar-refractivity contribution in [1.29, 1.82) is 0 Å². The largest absolute Gasteiger partial charge is 0.319 e. The molecule has 2 fully saturated rings. The molecule has 1 unspecified atom stereocenters. The molecule has 1 atom stereocenters. The van der Waals surface area contributed by atoms with Crippen molar-refractivity contribution in [1.82, 2.24) is 18.8 Å². The lowest BCUT2D eigenvalue weighted by atomic mass is 9.98. The molecule has 1 N–H and O–H groups in total. The van der Waals surface area contributed by atoms with Crippen molar-refractivity contribution in [2.24, 2.45) is 5.92 Å². The van der Waals surface area contributed by atoms with Gasteiger partial charge in [-0.25, -0.2) is 0 Å². The summed E-state index contributed by atoms with van der Waals surface area (Å²) >= 11 is 0. The van der Waals surface area contributed by atoms with Gasteiger partial charge < -0.3 is 10.2 Å². The third kappa shape index (κ3) is 4.16. The smallest absolute Gasteiger partial charge is 0.282 e. The highest BCUT2D eigenvalue weighted by Crippen LogP contribution is 2.23. The van der Waals surface area contributed by atoms with Crippen molar-refractivity contribution < 1.29 is 8.42 Å². The Hall–Kier alpha value is -0.210. The fraction of sp³-hybridized carbons (Fsp3) is 1.00. The first-order valence-electron chi connectivity index (χ1n) is 8.05. The van der Waals surface area contributed by atoms with Gasteiger partial charge in [0.05, 0.1) is 0 Å². The molecule has 2 rings (SSSR count). The van der Waals surface area contributed by atoms with E-state index in [0.29, 0.717) is 25.6 Å². The molecule has 0 amide bonds. The van der Waals surface area contributed by atoms with Crippen LogP contribution in [0, 0.1) is 5.92 Å². The predicted octanol–water partition coefficient (Wildman–Crippen LogP) is 0.189. The van der Waals surface area contributed by atoms with E-state index in [-0.39, 0.29) is 6.04 Å². The Labute approximate surface area is 129 Å². The van der Waals surface area contributed by atoms with Crippen LogP contribution in [0.1, 0.15) is 26.2 Å². The molecular formula is C14H30N4O2S. The van der Waals surface area contributed by atoms with Crippen LogP contribution >= 0.6 is 0 Å². The minimum Gasteiger partial charge on any atom is -0.319 e. The van der Waals surface area contributed by atoms with Gasteiger partial charge in [-0.1, -0.05) is 0 Å². The summed E-state index contributed by atoms with van der Waals surface area (Å²) in [6.45, 7) is 6.76. The van der Waals surface area contributed by atoms with E-state index in [9.17, 15) is 8.42 Å². The topological polar surface area (TPSA) is 55.9 Å². The van der Waals surface area contributed by atoms with E-state index in [1.165, 1.54) is 0 Å². The Morgan fingerprint density at radius 1 is 1.14 bits per heavy atom. The zero-order chi connectivity index (χ0) is 15.5. The van der Waals surface area contributed by atoms with Gasteiger partial charge in [0.25, 0.3) is 10.2 Å². The van der Waals surface area contributed by atoms with Gasteiger partial charge in [0, 0.05) is 32.2 Å². The standard InChI is InChI=1S/C14H30N4O2S/c1-13-12-16(3)7-4-8-18(13)21(19,20)17-9-5-14(6-10-17)11-15-2/h13-15H,4-12H2,1-3H3. The zero-order valence-corrected chi connectivity index (χ0v) is 14.4. The fourth-order valence-electron chi connectivity index (χ4n) is 3.47. The average Bonchev–Trinajstić information content (AvgIpc) is 2.60. The monoisotopic (exact) mass is 318 g/mol. The number of hydrogen-bond acceptors (Lipinski definition) is 4. The number of rotatable bonds is 4. The van der Waals surface area contributed by atoms with Gasteiger partial charge in [-0.15, -0.1) is 0 Å². The Kier molecular flexibility index (Phi) is 6.02. The lowest BCUT2D eigenvalue weighted by Gasteiger charge is -2.36. The van der Waals surface area contributed by atoms with Crippen LogP contribution in [-0.2, 0) is 10.2 Å². The number of hydrogen-bond donors (Lipinski definition) is 1. The summed E-state index contributed by atoms with van der Waals surface area (Å²) in [5.74, 6) is 0.606. The average molecular weight is 318 g/mol. The van der Waals surface area contributed by atoms with E-state index < -0.39 is 10.2 Å². The van der Waals surface area contributed by atoms with Crippen molar-refractivity contribution in [2.75, 3.05) is 53.4 Å². The van der Waals surface area contributed by atoms with E-state index >= 15 is 0 Å². The van der Waals surface area contributed by atoms with Crippen LogP contribution in [0.3, 0.4) is 0 Å². The van der Waals surface area contributed by atoms with Gasteiger partial charge in [-0.05, 0) is 59.3 Å². The molecule has 0 saturated carbocycles. The van der Waals surface area contributed by atoms with E-state index in [1.807, 2.05) is 14.0 Å². The molecule has 124 valence electrons. The molecule has 21 heavy (non-hydrogen) atoms. The van der Waals surface area contributed by atoms with Crippen LogP contribution in [0.5, 0.6) is 0 Å². The van der Waals surface area contributed by atoms with E-state index in [1.54, 1.807) is 8.61 Å². The first kappa shape index (κ1) is 17.1. The minimum absolute atomic E-state index is 0.0533. The van der Waals surface area contributed by atoms with Crippen LogP contribution in [0.25, 0.3) is 0 Å². The third-order valence-electron chi connectivity index (χ3n) is 4.67. The second-order valence-electron chi connectivity index (χ2n) is 6.48. The normalized spacial score (nSPS) is 28.6. The lowest BCUT2D eigenvalue weighted by Crippen LogP contribution is -2.51. The summed E-state index contributed by atoms with van der Waals surface area (Å²) in [5.41, 5.74) is 0. The Morgan fingerprint density at radius 2 is 1.81 bits per heavy atom. The maximum atomic E-state index is 12.9. The van der Waals surface area contributed by atoms with Crippen LogP contribution < -0.4 is 5.32 Å². The fourth-order valence-corrected chi connectivity index (χ4v) is 5.32. The predicted molar refractivity (Wildman–Crippen MR) is 85.4 cm³/mol. The van der Waals surface area contributed by atoms with Crippen molar-refractivity contribution in [3.63, 3.8) is 0 Å². The molecule has 2 aliphatic rings. The van der Waals surface area contributed by atoms with Crippen LogP contribution in [0.15, 0.2) is 0 Å². The number of likely N-dealkylation sites (N-methyl/N-ethyl adjacent to an activating group) is 1. The molecule has 7 heteroatoms. The maximum absolute atomic E-state index is 12.9. The molecule has 0 spiro atoms. The van der Waals surface area contributed by atoms with Crippen molar-refractivity contribution >= 4 is 10.2 Å². The highest BCUT2D eigenvalue weighted by atomic mass is 32.2. The van der Waals surface area contributed by atoms with Gasteiger partial charge in [0.1, 0.15) is 0 Å². The number of nitrogens with zero attached hydrogens (tertiary/aromatic N) is 3. The summed E-state index contributed by atoms with van der Waals surface area (Å²) in [6.07, 6.45) is 2.83. The quantitative estimate of drug-likeness (QED) is 0.804. The summed E-state index contributed by atoms with van der Waals surface area (Å²) < 4.78 is 29.2. The van der Waals surface area contributed by atoms with Gasteiger partial charge in [-0.3, -0.25) is 0 Å². The number of piperidine rings is 1. The van der Waals surface area contributed by atoms with E-state index in [4.69, 9.17) is 0 Å². The number of nitrogens with one attached hydrogen (secondary N) is 1. The third-order valence-corrected chi connectivity index (χ3v) is 6.83. The van der Waals surface area contributed by atoms with Crippen LogP contribution in [-0.4, -0.2) is 81.3 Å². The molecule has 0 aromatic carbocycles. The van der Waals surface area contributed by atoms with Crippen molar-refractivity contribution in [3.05, 3.63) is 0 Å². The first-order valence-corrected chi connectivity index (χ1v) is 9.45. The molecule has 0 aromatic heterocycles. The summed E-state index contributed by atoms with van der Waals surface area (Å²) in [7, 11) is 0.722. The molecule has 2 saturated heterocycles. The highest BCUT2D eigenvalue weighted by molar-refractivity contribution is 7.86. The molecule has 2 aliphatic heterocycles. The SMILES string of the molecule is CNCC1CCN(S(=O)(=O)N2CCCN(C)CC2C)CC1. The van der Waals surface area contributed by atoms with Gasteiger partial charge >= 0.3 is 0 Å². The zero-order valence-electron chi connectivity index (χ0n) is 13.6. The molecule has 0 aromatic rings. The second kappa shape index (κ2) is 7.37. The van der Waals surface area contributed by atoms with E-state index in [0.717, 1.165) is 38.9 Å². The Morgan fingerprint density at radius 3 is 2.43 bits per heavy atom. The van der Waals surface area contributed by atoms with Crippen LogP contribution in [0.4, 0.5) is 0 Å². The van der Waals surface area contributed by atoms with Crippen molar-refractivity contribution in [3.8, 4) is 0 Å². The Balaban J connectivity index is 2.01. The van der Waals surface area contributed by atoms with Gasteiger partial charge in [0.15, 0.2) is 0 Å². The van der Waals surface area contributed by atoms with E-state index in [2.05, 4.69) is 17.3 Å². The lowest BCUT2D eigenvalue weighted by molar-refractivity contribution is 0.235. The highest BCUT2D eigenvalue weighted by Gasteiger charge is 2.36. The van der Waals surface area contributed by atoms with Crippen molar-refractivity contribution in [2.45, 2.75) is 32.2 Å². The van der Waals surface area contributed by atoms with Gasteiger partial charge in [-0.2, -0.15) is 17.0 Å². The molecule has 0 radical (unpaired) electrons.